The first-order valence-corrected chi connectivity index (χ1v) is 8.99. The highest BCUT2D eigenvalue weighted by Gasteiger charge is 2.14. The fraction of sp³-hybridized carbons (Fsp3) is 0.350. The summed E-state index contributed by atoms with van der Waals surface area (Å²) in [6.45, 7) is 2.55. The normalized spacial score (nSPS) is 14.7. The minimum absolute atomic E-state index is 0.0510. The number of aliphatic hydroxyl groups is 1. The molecule has 1 aliphatic rings. The van der Waals surface area contributed by atoms with Crippen molar-refractivity contribution in [2.45, 2.75) is 45.8 Å². The Balaban J connectivity index is 1.70. The molecule has 0 aliphatic carbocycles. The molecule has 0 bridgehead atoms. The second-order valence-corrected chi connectivity index (χ2v) is 6.71. The Morgan fingerprint density at radius 2 is 2.15 bits per heavy atom. The van der Waals surface area contributed by atoms with Crippen molar-refractivity contribution in [3.8, 4) is 5.75 Å². The lowest BCUT2D eigenvalue weighted by molar-refractivity contribution is 0.280. The molecule has 0 radical (unpaired) electrons. The fourth-order valence-corrected chi connectivity index (χ4v) is 3.48. The SMILES string of the molecule is Cc1ncc(CO)c(C=Nc2ccc3c(c2)nc2n3CCCCC2)c1O. The van der Waals surface area contributed by atoms with Gasteiger partial charge in [0, 0.05) is 36.5 Å². The number of hydrogen-bond donors (Lipinski definition) is 2. The summed E-state index contributed by atoms with van der Waals surface area (Å²) >= 11 is 0. The third-order valence-corrected chi connectivity index (χ3v) is 4.96. The Morgan fingerprint density at radius 1 is 1.27 bits per heavy atom. The number of aliphatic imine (C=N–C) groups is 1. The van der Waals surface area contributed by atoms with Crippen LogP contribution < -0.4 is 0 Å². The molecule has 0 saturated carbocycles. The lowest BCUT2D eigenvalue weighted by Gasteiger charge is -2.07. The van der Waals surface area contributed by atoms with Gasteiger partial charge in [0.1, 0.15) is 11.6 Å². The van der Waals surface area contributed by atoms with Crippen LogP contribution in [0.25, 0.3) is 11.0 Å². The first-order valence-electron chi connectivity index (χ1n) is 8.99. The highest BCUT2D eigenvalue weighted by Crippen LogP contribution is 2.27. The summed E-state index contributed by atoms with van der Waals surface area (Å²) in [7, 11) is 0. The molecule has 6 nitrogen and oxygen atoms in total. The van der Waals surface area contributed by atoms with Crippen LogP contribution in [-0.4, -0.2) is 31.0 Å². The summed E-state index contributed by atoms with van der Waals surface area (Å²) in [6.07, 6.45) is 7.82. The van der Waals surface area contributed by atoms with Gasteiger partial charge in [-0.2, -0.15) is 0 Å². The van der Waals surface area contributed by atoms with Crippen LogP contribution in [-0.2, 0) is 19.6 Å². The molecule has 3 aromatic rings. The van der Waals surface area contributed by atoms with E-state index in [1.165, 1.54) is 19.3 Å². The molecule has 0 saturated heterocycles. The van der Waals surface area contributed by atoms with Crippen LogP contribution in [0.5, 0.6) is 5.75 Å². The molecule has 134 valence electrons. The Kier molecular flexibility index (Phi) is 4.42. The van der Waals surface area contributed by atoms with Crippen molar-refractivity contribution in [2.24, 2.45) is 4.99 Å². The van der Waals surface area contributed by atoms with Crippen LogP contribution in [0, 0.1) is 6.92 Å². The molecule has 0 unspecified atom stereocenters. The predicted molar refractivity (Wildman–Crippen MR) is 101 cm³/mol. The second-order valence-electron chi connectivity index (χ2n) is 6.71. The van der Waals surface area contributed by atoms with Crippen molar-refractivity contribution < 1.29 is 10.2 Å². The molecule has 26 heavy (non-hydrogen) atoms. The summed E-state index contributed by atoms with van der Waals surface area (Å²) in [5.41, 5.74) is 4.43. The molecule has 4 rings (SSSR count). The van der Waals surface area contributed by atoms with E-state index in [-0.39, 0.29) is 12.4 Å². The lowest BCUT2D eigenvalue weighted by Crippen LogP contribution is -1.99. The molecule has 6 heteroatoms. The number of aryl methyl sites for hydroxylation is 3. The maximum Gasteiger partial charge on any atom is 0.145 e. The number of benzene rings is 1. The van der Waals surface area contributed by atoms with E-state index < -0.39 is 0 Å². The Morgan fingerprint density at radius 3 is 3.00 bits per heavy atom. The first kappa shape index (κ1) is 16.7. The molecule has 2 N–H and O–H groups in total. The van der Waals surface area contributed by atoms with Gasteiger partial charge in [-0.1, -0.05) is 6.42 Å². The highest BCUT2D eigenvalue weighted by molar-refractivity contribution is 5.88. The minimum Gasteiger partial charge on any atom is -0.505 e. The minimum atomic E-state index is -0.199. The van der Waals surface area contributed by atoms with Gasteiger partial charge in [-0.15, -0.1) is 0 Å². The van der Waals surface area contributed by atoms with E-state index >= 15 is 0 Å². The van der Waals surface area contributed by atoms with Crippen molar-refractivity contribution in [3.05, 3.63) is 47.0 Å². The van der Waals surface area contributed by atoms with Gasteiger partial charge in [0.05, 0.1) is 29.0 Å². The number of nitrogens with zero attached hydrogens (tertiary/aromatic N) is 4. The molecule has 3 heterocycles. The van der Waals surface area contributed by atoms with E-state index in [2.05, 4.69) is 20.6 Å². The van der Waals surface area contributed by atoms with Crippen LogP contribution in [0.15, 0.2) is 29.4 Å². The molecule has 0 fully saturated rings. The van der Waals surface area contributed by atoms with Gasteiger partial charge in [-0.25, -0.2) is 4.98 Å². The fourth-order valence-electron chi connectivity index (χ4n) is 3.48. The van der Waals surface area contributed by atoms with Crippen molar-refractivity contribution in [1.82, 2.24) is 14.5 Å². The average molecular weight is 350 g/mol. The zero-order valence-electron chi connectivity index (χ0n) is 14.8. The number of rotatable bonds is 3. The lowest BCUT2D eigenvalue weighted by atomic mass is 10.1. The predicted octanol–water partition coefficient (Wildman–Crippen LogP) is 3.41. The molecular weight excluding hydrogens is 328 g/mol. The van der Waals surface area contributed by atoms with E-state index in [0.29, 0.717) is 16.8 Å². The Labute approximate surface area is 151 Å². The molecule has 0 atom stereocenters. The molecule has 1 aliphatic heterocycles. The number of imidazole rings is 1. The van der Waals surface area contributed by atoms with E-state index in [0.717, 1.165) is 35.5 Å². The molecule has 0 amide bonds. The highest BCUT2D eigenvalue weighted by atomic mass is 16.3. The van der Waals surface area contributed by atoms with Crippen LogP contribution in [0.2, 0.25) is 0 Å². The summed E-state index contributed by atoms with van der Waals surface area (Å²) in [6, 6.07) is 5.99. The van der Waals surface area contributed by atoms with Crippen molar-refractivity contribution in [2.75, 3.05) is 0 Å². The van der Waals surface area contributed by atoms with Crippen LogP contribution >= 0.6 is 0 Å². The average Bonchev–Trinajstić information content (AvgIpc) is 2.82. The largest absolute Gasteiger partial charge is 0.505 e. The third-order valence-electron chi connectivity index (χ3n) is 4.96. The summed E-state index contributed by atoms with van der Waals surface area (Å²) in [5, 5.41) is 19.7. The van der Waals surface area contributed by atoms with Gasteiger partial charge < -0.3 is 14.8 Å². The van der Waals surface area contributed by atoms with Gasteiger partial charge in [-0.05, 0) is 38.0 Å². The van der Waals surface area contributed by atoms with Crippen LogP contribution in [0.4, 0.5) is 5.69 Å². The summed E-state index contributed by atoms with van der Waals surface area (Å²) in [5.74, 6) is 1.21. The van der Waals surface area contributed by atoms with E-state index in [4.69, 9.17) is 4.98 Å². The van der Waals surface area contributed by atoms with E-state index in [1.54, 1.807) is 19.3 Å². The number of fused-ring (bicyclic) bond motifs is 3. The summed E-state index contributed by atoms with van der Waals surface area (Å²) < 4.78 is 2.32. The van der Waals surface area contributed by atoms with Crippen molar-refractivity contribution in [1.29, 1.82) is 0 Å². The monoisotopic (exact) mass is 350 g/mol. The number of pyridine rings is 1. The van der Waals surface area contributed by atoms with Gasteiger partial charge in [0.2, 0.25) is 0 Å². The van der Waals surface area contributed by atoms with Crippen LogP contribution in [0.3, 0.4) is 0 Å². The molecular formula is C20H22N4O2. The van der Waals surface area contributed by atoms with Gasteiger partial charge in [0.15, 0.2) is 0 Å². The molecule has 1 aromatic carbocycles. The standard InChI is InChI=1S/C20H22N4O2/c1-13-20(26)16(14(12-25)10-21-13)11-22-15-6-7-18-17(9-15)23-19-5-3-2-4-8-24(18)19/h6-7,9-11,25-26H,2-5,8,12H2,1H3. The van der Waals surface area contributed by atoms with Crippen molar-refractivity contribution in [3.63, 3.8) is 0 Å². The quantitative estimate of drug-likeness (QED) is 0.709. The maximum atomic E-state index is 10.2. The second kappa shape index (κ2) is 6.88. The zero-order valence-corrected chi connectivity index (χ0v) is 14.8. The van der Waals surface area contributed by atoms with Gasteiger partial charge in [0.25, 0.3) is 0 Å². The molecule has 2 aromatic heterocycles. The topological polar surface area (TPSA) is 83.5 Å². The van der Waals surface area contributed by atoms with E-state index in [9.17, 15) is 10.2 Å². The van der Waals surface area contributed by atoms with Crippen molar-refractivity contribution >= 4 is 22.9 Å². The molecule has 0 spiro atoms. The number of hydrogen-bond acceptors (Lipinski definition) is 5. The first-order chi connectivity index (χ1) is 12.7. The third kappa shape index (κ3) is 2.97. The Bertz CT molecular complexity index is 991. The van der Waals surface area contributed by atoms with Gasteiger partial charge >= 0.3 is 0 Å². The number of aromatic hydroxyl groups is 1. The number of aliphatic hydroxyl groups excluding tert-OH is 1. The van der Waals surface area contributed by atoms with E-state index in [1.807, 2.05) is 12.1 Å². The summed E-state index contributed by atoms with van der Waals surface area (Å²) in [4.78, 5) is 13.3. The van der Waals surface area contributed by atoms with Gasteiger partial charge in [-0.3, -0.25) is 9.98 Å². The maximum absolute atomic E-state index is 10.2. The smallest absolute Gasteiger partial charge is 0.145 e. The number of aromatic nitrogens is 3. The zero-order chi connectivity index (χ0) is 18.1. The Hall–Kier alpha value is -2.73. The van der Waals surface area contributed by atoms with Crippen LogP contribution in [0.1, 0.15) is 41.9 Å².